The van der Waals surface area contributed by atoms with Crippen LogP contribution in [0.3, 0.4) is 0 Å². The summed E-state index contributed by atoms with van der Waals surface area (Å²) >= 11 is 0. The quantitative estimate of drug-likeness (QED) is 0.634. The number of benzene rings is 1. The average molecular weight is 377 g/mol. The van der Waals surface area contributed by atoms with E-state index in [4.69, 9.17) is 5.73 Å². The number of hydrogen-bond acceptors (Lipinski definition) is 3. The number of anilines is 1. The summed E-state index contributed by atoms with van der Waals surface area (Å²) in [5, 5.41) is 5.53. The molecule has 0 aliphatic rings. The average Bonchev–Trinajstić information content (AvgIpc) is 2.97. The number of nitrogens with zero attached hydrogens (tertiary/aromatic N) is 2. The zero-order valence-corrected chi connectivity index (χ0v) is 16.1. The highest BCUT2D eigenvalue weighted by atomic mass is 16.2. The molecular formula is C21H23N5O2. The van der Waals surface area contributed by atoms with Gasteiger partial charge in [0.15, 0.2) is 0 Å². The van der Waals surface area contributed by atoms with Crippen LogP contribution in [0.4, 0.5) is 10.5 Å². The lowest BCUT2D eigenvalue weighted by Crippen LogP contribution is -2.27. The van der Waals surface area contributed by atoms with Gasteiger partial charge in [0, 0.05) is 23.3 Å². The predicted molar refractivity (Wildman–Crippen MR) is 109 cm³/mol. The summed E-state index contributed by atoms with van der Waals surface area (Å²) in [5.74, 6) is 0.629. The highest BCUT2D eigenvalue weighted by molar-refractivity contribution is 5.96. The van der Waals surface area contributed by atoms with Crippen molar-refractivity contribution in [1.29, 1.82) is 0 Å². The molecule has 7 heteroatoms. The number of aryl methyl sites for hydroxylation is 1. The molecule has 1 unspecified atom stereocenters. The molecule has 0 bridgehead atoms. The van der Waals surface area contributed by atoms with Crippen molar-refractivity contribution in [2.75, 3.05) is 5.32 Å². The Hall–Kier alpha value is -3.61. The van der Waals surface area contributed by atoms with Crippen molar-refractivity contribution in [3.63, 3.8) is 0 Å². The molecule has 0 radical (unpaired) electrons. The smallest absolute Gasteiger partial charge is 0.316 e. The van der Waals surface area contributed by atoms with Gasteiger partial charge >= 0.3 is 6.03 Å². The van der Waals surface area contributed by atoms with E-state index in [0.717, 1.165) is 22.8 Å². The van der Waals surface area contributed by atoms with E-state index in [-0.39, 0.29) is 11.9 Å². The number of carbonyl (C=O) groups is 2. The van der Waals surface area contributed by atoms with E-state index in [0.29, 0.717) is 11.3 Å². The van der Waals surface area contributed by atoms with Gasteiger partial charge in [0.2, 0.25) is 0 Å². The van der Waals surface area contributed by atoms with Gasteiger partial charge < -0.3 is 20.9 Å². The molecule has 0 aliphatic heterocycles. The third-order valence-corrected chi connectivity index (χ3v) is 4.58. The lowest BCUT2D eigenvalue weighted by atomic mass is 10.1. The summed E-state index contributed by atoms with van der Waals surface area (Å²) in [7, 11) is 0. The van der Waals surface area contributed by atoms with E-state index in [1.807, 2.05) is 61.7 Å². The van der Waals surface area contributed by atoms with Gasteiger partial charge in [-0.3, -0.25) is 4.79 Å². The summed E-state index contributed by atoms with van der Waals surface area (Å²) < 4.78 is 1.96. The molecule has 0 saturated heterocycles. The Bertz CT molecular complexity index is 994. The van der Waals surface area contributed by atoms with Crippen molar-refractivity contribution in [2.45, 2.75) is 26.8 Å². The van der Waals surface area contributed by atoms with Crippen LogP contribution in [0.15, 0.2) is 54.7 Å². The van der Waals surface area contributed by atoms with E-state index >= 15 is 0 Å². The fourth-order valence-electron chi connectivity index (χ4n) is 3.19. The Morgan fingerprint density at radius 2 is 1.82 bits per heavy atom. The molecule has 0 saturated carbocycles. The molecular weight excluding hydrogens is 354 g/mol. The lowest BCUT2D eigenvalue weighted by Gasteiger charge is -2.15. The molecule has 0 aliphatic carbocycles. The first-order valence-electron chi connectivity index (χ1n) is 8.94. The van der Waals surface area contributed by atoms with Gasteiger partial charge in [0.1, 0.15) is 5.82 Å². The molecule has 2 heterocycles. The third kappa shape index (κ3) is 4.03. The molecule has 3 rings (SSSR count). The molecule has 0 spiro atoms. The predicted octanol–water partition coefficient (Wildman–Crippen LogP) is 3.47. The van der Waals surface area contributed by atoms with Crippen LogP contribution in [0.1, 0.15) is 40.3 Å². The van der Waals surface area contributed by atoms with Crippen LogP contribution in [0, 0.1) is 13.8 Å². The van der Waals surface area contributed by atoms with Gasteiger partial charge in [0.25, 0.3) is 5.91 Å². The van der Waals surface area contributed by atoms with Gasteiger partial charge in [-0.15, -0.1) is 0 Å². The molecule has 3 aromatic rings. The fourth-order valence-corrected chi connectivity index (χ4v) is 3.19. The summed E-state index contributed by atoms with van der Waals surface area (Å²) in [5.41, 5.74) is 9.02. The number of pyridine rings is 1. The molecule has 1 aromatic carbocycles. The fraction of sp³-hybridized carbons (Fsp3) is 0.190. The maximum absolute atomic E-state index is 12.8. The molecule has 4 N–H and O–H groups in total. The van der Waals surface area contributed by atoms with Crippen LogP contribution in [0.2, 0.25) is 0 Å². The number of aromatic nitrogens is 2. The van der Waals surface area contributed by atoms with Gasteiger partial charge in [-0.1, -0.05) is 18.2 Å². The van der Waals surface area contributed by atoms with E-state index in [2.05, 4.69) is 15.6 Å². The second kappa shape index (κ2) is 7.96. The highest BCUT2D eigenvalue weighted by Crippen LogP contribution is 2.21. The monoisotopic (exact) mass is 377 g/mol. The van der Waals surface area contributed by atoms with Crippen LogP contribution in [0.5, 0.6) is 0 Å². The maximum Gasteiger partial charge on any atom is 0.316 e. The second-order valence-electron chi connectivity index (χ2n) is 6.61. The third-order valence-electron chi connectivity index (χ3n) is 4.58. The summed E-state index contributed by atoms with van der Waals surface area (Å²) in [4.78, 5) is 28.1. The molecule has 7 nitrogen and oxygen atoms in total. The molecule has 28 heavy (non-hydrogen) atoms. The lowest BCUT2D eigenvalue weighted by molar-refractivity contribution is 0.0939. The van der Waals surface area contributed by atoms with Crippen LogP contribution < -0.4 is 16.4 Å². The van der Waals surface area contributed by atoms with Crippen molar-refractivity contribution >= 4 is 17.6 Å². The molecule has 1 atom stereocenters. The topological polar surface area (TPSA) is 102 Å². The Labute approximate surface area is 163 Å². The van der Waals surface area contributed by atoms with Crippen molar-refractivity contribution < 1.29 is 9.59 Å². The molecule has 2 aromatic heterocycles. The van der Waals surface area contributed by atoms with Crippen molar-refractivity contribution in [2.24, 2.45) is 5.73 Å². The normalized spacial score (nSPS) is 11.7. The van der Waals surface area contributed by atoms with Crippen LogP contribution >= 0.6 is 0 Å². The second-order valence-corrected chi connectivity index (χ2v) is 6.61. The van der Waals surface area contributed by atoms with Gasteiger partial charge in [-0.05, 0) is 56.7 Å². The minimum absolute atomic E-state index is 0.151. The SMILES string of the molecule is Cc1cc(C(=O)NC(C)c2ccc(NC(N)=O)cc2)c(C)n1-c1ccccn1. The summed E-state index contributed by atoms with van der Waals surface area (Å²) in [6.45, 7) is 5.77. The number of rotatable bonds is 5. The first-order valence-corrected chi connectivity index (χ1v) is 8.94. The summed E-state index contributed by atoms with van der Waals surface area (Å²) in [6, 6.07) is 13.9. The van der Waals surface area contributed by atoms with Gasteiger partial charge in [-0.25, -0.2) is 9.78 Å². The Morgan fingerprint density at radius 1 is 1.11 bits per heavy atom. The van der Waals surface area contributed by atoms with Crippen LogP contribution in [-0.4, -0.2) is 21.5 Å². The zero-order chi connectivity index (χ0) is 20.3. The Morgan fingerprint density at radius 3 is 2.43 bits per heavy atom. The number of hydrogen-bond donors (Lipinski definition) is 3. The molecule has 0 fully saturated rings. The van der Waals surface area contributed by atoms with E-state index in [1.54, 1.807) is 18.3 Å². The number of primary amides is 1. The molecule has 144 valence electrons. The van der Waals surface area contributed by atoms with Crippen LogP contribution in [0.25, 0.3) is 5.82 Å². The van der Waals surface area contributed by atoms with E-state index < -0.39 is 6.03 Å². The Balaban J connectivity index is 1.77. The molecule has 3 amide bonds. The van der Waals surface area contributed by atoms with E-state index in [9.17, 15) is 9.59 Å². The van der Waals surface area contributed by atoms with Crippen molar-refractivity contribution in [3.05, 3.63) is 77.2 Å². The Kier molecular flexibility index (Phi) is 5.44. The van der Waals surface area contributed by atoms with Gasteiger partial charge in [-0.2, -0.15) is 0 Å². The minimum Gasteiger partial charge on any atom is -0.351 e. The number of nitrogens with one attached hydrogen (secondary N) is 2. The minimum atomic E-state index is -0.614. The number of amides is 3. The first-order chi connectivity index (χ1) is 13.4. The van der Waals surface area contributed by atoms with Crippen molar-refractivity contribution in [3.8, 4) is 5.82 Å². The standard InChI is InChI=1S/C21H23N5O2/c1-13-12-18(15(3)26(13)19-6-4-5-11-23-19)20(27)24-14(2)16-7-9-17(10-8-16)25-21(22)28/h4-12,14H,1-3H3,(H,24,27)(H3,22,25,28). The first kappa shape index (κ1) is 19.2. The van der Waals surface area contributed by atoms with E-state index in [1.165, 1.54) is 0 Å². The number of carbonyl (C=O) groups excluding carboxylic acids is 2. The van der Waals surface area contributed by atoms with Crippen molar-refractivity contribution in [1.82, 2.24) is 14.9 Å². The summed E-state index contributed by atoms with van der Waals surface area (Å²) in [6.07, 6.45) is 1.73. The zero-order valence-electron chi connectivity index (χ0n) is 16.1. The largest absolute Gasteiger partial charge is 0.351 e. The van der Waals surface area contributed by atoms with Crippen LogP contribution in [-0.2, 0) is 0 Å². The van der Waals surface area contributed by atoms with Gasteiger partial charge in [0.05, 0.1) is 11.6 Å². The number of nitrogens with two attached hydrogens (primary N) is 1. The number of urea groups is 1. The highest BCUT2D eigenvalue weighted by Gasteiger charge is 2.19. The maximum atomic E-state index is 12.8.